The average Bonchev–Trinajstić information content (AvgIpc) is 2.68. The molecule has 29 heavy (non-hydrogen) atoms. The van der Waals surface area contributed by atoms with E-state index in [1.165, 1.54) is 0 Å². The number of ether oxygens (including phenoxy) is 2. The van der Waals surface area contributed by atoms with Gasteiger partial charge in [-0.2, -0.15) is 0 Å². The van der Waals surface area contributed by atoms with Gasteiger partial charge in [0.15, 0.2) is 17.6 Å². The van der Waals surface area contributed by atoms with Crippen LogP contribution in [0.4, 0.5) is 16.2 Å². The number of amides is 3. The van der Waals surface area contributed by atoms with Crippen molar-refractivity contribution in [3.8, 4) is 11.5 Å². The van der Waals surface area contributed by atoms with Gasteiger partial charge < -0.3 is 25.0 Å². The predicted octanol–water partition coefficient (Wildman–Crippen LogP) is 3.97. The fourth-order valence-electron chi connectivity index (χ4n) is 2.98. The van der Waals surface area contributed by atoms with Gasteiger partial charge in [-0.25, -0.2) is 4.79 Å². The molecule has 1 aliphatic rings. The van der Waals surface area contributed by atoms with Crippen molar-refractivity contribution >= 4 is 23.3 Å². The Morgan fingerprint density at radius 2 is 1.66 bits per heavy atom. The molecule has 0 bridgehead atoms. The van der Waals surface area contributed by atoms with E-state index < -0.39 is 0 Å². The maximum absolute atomic E-state index is 12.5. The van der Waals surface area contributed by atoms with Crippen LogP contribution in [-0.2, 0) is 4.79 Å². The van der Waals surface area contributed by atoms with Gasteiger partial charge in [-0.05, 0) is 42.3 Å². The van der Waals surface area contributed by atoms with Crippen LogP contribution in [0.15, 0.2) is 48.5 Å². The fraction of sp³-hybridized carbons (Fsp3) is 0.364. The molecule has 1 unspecified atom stereocenters. The molecule has 0 fully saturated rings. The summed E-state index contributed by atoms with van der Waals surface area (Å²) in [7, 11) is 1.71. The molecule has 7 nitrogen and oxygen atoms in total. The van der Waals surface area contributed by atoms with Gasteiger partial charge in [0, 0.05) is 24.8 Å². The van der Waals surface area contributed by atoms with Crippen LogP contribution < -0.4 is 20.1 Å². The molecule has 1 aliphatic heterocycles. The molecular formula is C22H27N3O4. The molecule has 3 rings (SSSR count). The molecule has 2 N–H and O–H groups in total. The Bertz CT molecular complexity index is 851. The quantitative estimate of drug-likeness (QED) is 0.773. The Labute approximate surface area is 171 Å². The molecule has 0 radical (unpaired) electrons. The van der Waals surface area contributed by atoms with Gasteiger partial charge >= 0.3 is 6.03 Å². The number of likely N-dealkylation sites (N-methyl/N-ethyl adjacent to an activating group) is 1. The largest absolute Gasteiger partial charge is 0.486 e. The highest BCUT2D eigenvalue weighted by Crippen LogP contribution is 2.31. The Kier molecular flexibility index (Phi) is 6.59. The van der Waals surface area contributed by atoms with Crippen molar-refractivity contribution in [3.05, 3.63) is 48.5 Å². The first-order chi connectivity index (χ1) is 13.9. The minimum atomic E-state index is -0.246. The summed E-state index contributed by atoms with van der Waals surface area (Å²) in [6.45, 7) is 4.78. The van der Waals surface area contributed by atoms with E-state index in [4.69, 9.17) is 9.47 Å². The van der Waals surface area contributed by atoms with E-state index in [2.05, 4.69) is 10.6 Å². The number of nitrogens with one attached hydrogen (secondary N) is 2. The van der Waals surface area contributed by atoms with Gasteiger partial charge in [0.1, 0.15) is 6.61 Å². The molecular weight excluding hydrogens is 370 g/mol. The van der Waals surface area contributed by atoms with Gasteiger partial charge in [0.2, 0.25) is 5.91 Å². The molecule has 154 valence electrons. The SMILES string of the molecule is CC(C)CC(=O)Nc1ccc(NC(=O)N(C)CC2COc3ccccc3O2)cc1. The van der Waals surface area contributed by atoms with E-state index in [9.17, 15) is 9.59 Å². The zero-order valence-corrected chi connectivity index (χ0v) is 17.0. The summed E-state index contributed by atoms with van der Waals surface area (Å²) in [5.41, 5.74) is 1.35. The van der Waals surface area contributed by atoms with Crippen molar-refractivity contribution in [2.75, 3.05) is 30.8 Å². The lowest BCUT2D eigenvalue weighted by Crippen LogP contribution is -2.43. The zero-order valence-electron chi connectivity index (χ0n) is 17.0. The van der Waals surface area contributed by atoms with Gasteiger partial charge in [0.05, 0.1) is 6.54 Å². The predicted molar refractivity (Wildman–Crippen MR) is 113 cm³/mol. The zero-order chi connectivity index (χ0) is 20.8. The van der Waals surface area contributed by atoms with Gasteiger partial charge in [-0.1, -0.05) is 26.0 Å². The highest BCUT2D eigenvalue weighted by atomic mass is 16.6. The lowest BCUT2D eigenvalue weighted by Gasteiger charge is -2.29. The smallest absolute Gasteiger partial charge is 0.321 e. The molecule has 7 heteroatoms. The summed E-state index contributed by atoms with van der Waals surface area (Å²) in [6.07, 6.45) is 0.236. The minimum absolute atomic E-state index is 0.0206. The second-order valence-corrected chi connectivity index (χ2v) is 7.53. The van der Waals surface area contributed by atoms with Crippen LogP contribution in [0.1, 0.15) is 20.3 Å². The average molecular weight is 397 g/mol. The van der Waals surface area contributed by atoms with Crippen molar-refractivity contribution in [1.29, 1.82) is 0 Å². The van der Waals surface area contributed by atoms with Gasteiger partial charge in [-0.3, -0.25) is 4.79 Å². The highest BCUT2D eigenvalue weighted by Gasteiger charge is 2.23. The molecule has 1 atom stereocenters. The van der Waals surface area contributed by atoms with Crippen LogP contribution >= 0.6 is 0 Å². The molecule has 2 aromatic carbocycles. The Hall–Kier alpha value is -3.22. The summed E-state index contributed by atoms with van der Waals surface area (Å²) >= 11 is 0. The van der Waals surface area contributed by atoms with E-state index in [0.29, 0.717) is 42.6 Å². The number of nitrogens with zero attached hydrogens (tertiary/aromatic N) is 1. The van der Waals surface area contributed by atoms with E-state index in [-0.39, 0.29) is 18.0 Å². The number of carbonyl (C=O) groups excluding carboxylic acids is 2. The molecule has 3 amide bonds. The third-order valence-corrected chi connectivity index (χ3v) is 4.41. The monoisotopic (exact) mass is 397 g/mol. The standard InChI is InChI=1S/C22H27N3O4/c1-15(2)12-21(26)23-16-8-10-17(11-9-16)24-22(27)25(3)13-18-14-28-19-6-4-5-7-20(19)29-18/h4-11,15,18H,12-14H2,1-3H3,(H,23,26)(H,24,27). The lowest BCUT2D eigenvalue weighted by atomic mass is 10.1. The Balaban J connectivity index is 1.49. The first-order valence-electron chi connectivity index (χ1n) is 9.71. The summed E-state index contributed by atoms with van der Waals surface area (Å²) in [5.74, 6) is 1.69. The number of urea groups is 1. The molecule has 0 aliphatic carbocycles. The number of hydrogen-bond acceptors (Lipinski definition) is 4. The van der Waals surface area contributed by atoms with Crippen LogP contribution in [-0.4, -0.2) is 43.1 Å². The summed E-state index contributed by atoms with van der Waals surface area (Å²) in [4.78, 5) is 25.9. The van der Waals surface area contributed by atoms with E-state index in [1.807, 2.05) is 38.1 Å². The molecule has 1 heterocycles. The van der Waals surface area contributed by atoms with Crippen molar-refractivity contribution in [3.63, 3.8) is 0 Å². The fourth-order valence-corrected chi connectivity index (χ4v) is 2.98. The molecule has 0 aromatic heterocycles. The van der Waals surface area contributed by atoms with Gasteiger partial charge in [0.25, 0.3) is 0 Å². The number of para-hydroxylation sites is 2. The number of fused-ring (bicyclic) bond motifs is 1. The first-order valence-corrected chi connectivity index (χ1v) is 9.71. The third kappa shape index (κ3) is 5.88. The number of carbonyl (C=O) groups is 2. The van der Waals surface area contributed by atoms with Crippen molar-refractivity contribution in [2.24, 2.45) is 5.92 Å². The number of anilines is 2. The molecule has 0 saturated carbocycles. The number of rotatable bonds is 6. The summed E-state index contributed by atoms with van der Waals surface area (Å²) in [6, 6.07) is 14.3. The van der Waals surface area contributed by atoms with Gasteiger partial charge in [-0.15, -0.1) is 0 Å². The summed E-state index contributed by atoms with van der Waals surface area (Å²) < 4.78 is 11.6. The normalized spacial score (nSPS) is 15.0. The van der Waals surface area contributed by atoms with Crippen molar-refractivity contribution in [2.45, 2.75) is 26.4 Å². The highest BCUT2D eigenvalue weighted by molar-refractivity contribution is 5.92. The van der Waals surface area contributed by atoms with Crippen LogP contribution in [0.5, 0.6) is 11.5 Å². The number of benzene rings is 2. The second-order valence-electron chi connectivity index (χ2n) is 7.53. The molecule has 2 aromatic rings. The van der Waals surface area contributed by atoms with Crippen molar-refractivity contribution < 1.29 is 19.1 Å². The maximum atomic E-state index is 12.5. The van der Waals surface area contributed by atoms with Crippen LogP contribution in [0.2, 0.25) is 0 Å². The Morgan fingerprint density at radius 3 is 2.31 bits per heavy atom. The van der Waals surface area contributed by atoms with Crippen LogP contribution in [0, 0.1) is 5.92 Å². The van der Waals surface area contributed by atoms with Crippen LogP contribution in [0.25, 0.3) is 0 Å². The third-order valence-electron chi connectivity index (χ3n) is 4.41. The lowest BCUT2D eigenvalue weighted by molar-refractivity contribution is -0.116. The molecule has 0 spiro atoms. The summed E-state index contributed by atoms with van der Waals surface area (Å²) in [5, 5.41) is 5.69. The van der Waals surface area contributed by atoms with Crippen LogP contribution in [0.3, 0.4) is 0 Å². The number of hydrogen-bond donors (Lipinski definition) is 2. The molecule has 0 saturated heterocycles. The minimum Gasteiger partial charge on any atom is -0.486 e. The van der Waals surface area contributed by atoms with E-state index >= 15 is 0 Å². The Morgan fingerprint density at radius 1 is 1.03 bits per heavy atom. The second kappa shape index (κ2) is 9.32. The topological polar surface area (TPSA) is 79.9 Å². The van der Waals surface area contributed by atoms with E-state index in [0.717, 1.165) is 5.75 Å². The maximum Gasteiger partial charge on any atom is 0.321 e. The van der Waals surface area contributed by atoms with E-state index in [1.54, 1.807) is 36.2 Å². The van der Waals surface area contributed by atoms with Crippen molar-refractivity contribution in [1.82, 2.24) is 4.90 Å². The first kappa shape index (κ1) is 20.5.